The molecule has 0 aliphatic heterocycles. The van der Waals surface area contributed by atoms with E-state index in [1.807, 2.05) is 17.6 Å². The van der Waals surface area contributed by atoms with Crippen LogP contribution in [0, 0.1) is 24.0 Å². The van der Waals surface area contributed by atoms with Gasteiger partial charge >= 0.3 is 11.9 Å². The largest absolute Gasteiger partial charge is 0.467 e. The van der Waals surface area contributed by atoms with E-state index in [1.54, 1.807) is 25.3 Å². The highest BCUT2D eigenvalue weighted by Gasteiger charge is 2.21. The number of Topliss-reactive ketones (excluding diaryl/α,β-unsaturated/α-hetero) is 1. The minimum absolute atomic E-state index is 0.335. The van der Waals surface area contributed by atoms with Crippen molar-refractivity contribution >= 4 is 17.6 Å². The van der Waals surface area contributed by atoms with E-state index in [-0.39, 0.29) is 11.5 Å². The number of carbonyl (C=O) groups is 2. The highest BCUT2D eigenvalue weighted by molar-refractivity contribution is 6.00. The van der Waals surface area contributed by atoms with Crippen molar-refractivity contribution < 1.29 is 28.1 Å². The van der Waals surface area contributed by atoms with Gasteiger partial charge in [-0.05, 0) is 38.1 Å². The van der Waals surface area contributed by atoms with Crippen molar-refractivity contribution in [2.24, 2.45) is 0 Å². The predicted octanol–water partition coefficient (Wildman–Crippen LogP) is 3.29. The smallest absolute Gasteiger partial charge is 0.433 e. The second-order valence-electron chi connectivity index (χ2n) is 5.84. The summed E-state index contributed by atoms with van der Waals surface area (Å²) in [5.41, 5.74) is 2.01. The van der Waals surface area contributed by atoms with Gasteiger partial charge in [0.2, 0.25) is 11.5 Å². The van der Waals surface area contributed by atoms with Crippen LogP contribution < -0.4 is 0 Å². The first-order valence-electron chi connectivity index (χ1n) is 8.00. The summed E-state index contributed by atoms with van der Waals surface area (Å²) in [6, 6.07) is 7.51. The summed E-state index contributed by atoms with van der Waals surface area (Å²) < 4.78 is 16.9. The number of ketones is 1. The van der Waals surface area contributed by atoms with Gasteiger partial charge in [0.15, 0.2) is 6.61 Å². The summed E-state index contributed by atoms with van der Waals surface area (Å²) in [6.45, 7) is 3.63. The molecular formula is C18H16N2O7. The Balaban J connectivity index is 1.67. The molecule has 0 N–H and O–H groups in total. The SMILES string of the molecule is Cc1cc(C(=O)COC(=O)c2ccc([N+](=O)[O-])o2)c(C)n1Cc1ccco1. The van der Waals surface area contributed by atoms with Crippen LogP contribution in [0.2, 0.25) is 0 Å². The lowest BCUT2D eigenvalue weighted by molar-refractivity contribution is -0.402. The maximum absolute atomic E-state index is 12.4. The zero-order chi connectivity index (χ0) is 19.6. The van der Waals surface area contributed by atoms with E-state index in [4.69, 9.17) is 13.6 Å². The second-order valence-corrected chi connectivity index (χ2v) is 5.84. The second kappa shape index (κ2) is 7.32. The van der Waals surface area contributed by atoms with Crippen molar-refractivity contribution in [2.75, 3.05) is 6.61 Å². The number of rotatable bonds is 7. The zero-order valence-corrected chi connectivity index (χ0v) is 14.6. The van der Waals surface area contributed by atoms with Gasteiger partial charge in [0.1, 0.15) is 10.7 Å². The van der Waals surface area contributed by atoms with Gasteiger partial charge in [0.05, 0.1) is 18.9 Å². The molecule has 9 nitrogen and oxygen atoms in total. The van der Waals surface area contributed by atoms with Crippen molar-refractivity contribution in [3.63, 3.8) is 0 Å². The number of hydrogen-bond donors (Lipinski definition) is 0. The van der Waals surface area contributed by atoms with Gasteiger partial charge in [-0.25, -0.2) is 4.79 Å². The van der Waals surface area contributed by atoms with Crippen LogP contribution in [-0.4, -0.2) is 27.8 Å². The highest BCUT2D eigenvalue weighted by atomic mass is 16.7. The van der Waals surface area contributed by atoms with Crippen LogP contribution >= 0.6 is 0 Å². The van der Waals surface area contributed by atoms with Crippen molar-refractivity contribution in [2.45, 2.75) is 20.4 Å². The molecule has 0 saturated heterocycles. The lowest BCUT2D eigenvalue weighted by Crippen LogP contribution is -2.15. The van der Waals surface area contributed by atoms with Crippen LogP contribution in [0.4, 0.5) is 5.88 Å². The molecule has 3 heterocycles. The van der Waals surface area contributed by atoms with Gasteiger partial charge in [0, 0.05) is 17.0 Å². The number of nitro groups is 1. The Morgan fingerprint density at radius 1 is 1.26 bits per heavy atom. The molecule has 3 aromatic rings. The number of hydrogen-bond acceptors (Lipinski definition) is 7. The van der Waals surface area contributed by atoms with Gasteiger partial charge in [0.25, 0.3) is 0 Å². The van der Waals surface area contributed by atoms with E-state index in [0.29, 0.717) is 12.1 Å². The minimum atomic E-state index is -0.944. The van der Waals surface area contributed by atoms with Crippen molar-refractivity contribution in [3.8, 4) is 0 Å². The molecule has 3 aromatic heterocycles. The fourth-order valence-corrected chi connectivity index (χ4v) is 2.70. The lowest BCUT2D eigenvalue weighted by Gasteiger charge is -2.08. The lowest BCUT2D eigenvalue weighted by atomic mass is 10.1. The van der Waals surface area contributed by atoms with Gasteiger partial charge < -0.3 is 18.1 Å². The normalized spacial score (nSPS) is 10.7. The van der Waals surface area contributed by atoms with Crippen LogP contribution in [0.5, 0.6) is 0 Å². The average Bonchev–Trinajstić information content (AvgIpc) is 3.36. The molecule has 0 aliphatic rings. The maximum atomic E-state index is 12.4. The van der Waals surface area contributed by atoms with Gasteiger partial charge in [-0.3, -0.25) is 14.9 Å². The Hall–Kier alpha value is -3.62. The van der Waals surface area contributed by atoms with Crippen molar-refractivity contribution in [1.29, 1.82) is 0 Å². The molecule has 3 rings (SSSR count). The molecule has 0 fully saturated rings. The third-order valence-electron chi connectivity index (χ3n) is 4.08. The summed E-state index contributed by atoms with van der Waals surface area (Å²) in [5.74, 6) is -1.49. The molecule has 27 heavy (non-hydrogen) atoms. The quantitative estimate of drug-likeness (QED) is 0.270. The predicted molar refractivity (Wildman–Crippen MR) is 91.7 cm³/mol. The zero-order valence-electron chi connectivity index (χ0n) is 14.6. The third kappa shape index (κ3) is 3.81. The van der Waals surface area contributed by atoms with Gasteiger partial charge in [-0.15, -0.1) is 0 Å². The number of esters is 1. The van der Waals surface area contributed by atoms with E-state index < -0.39 is 23.4 Å². The Bertz CT molecular complexity index is 995. The molecule has 0 bridgehead atoms. The Morgan fingerprint density at radius 2 is 2.04 bits per heavy atom. The number of carbonyl (C=O) groups excluding carboxylic acids is 2. The number of furan rings is 2. The summed E-state index contributed by atoms with van der Waals surface area (Å²) in [7, 11) is 0. The van der Waals surface area contributed by atoms with Gasteiger partial charge in [-0.2, -0.15) is 0 Å². The molecule has 9 heteroatoms. The molecule has 0 radical (unpaired) electrons. The first-order chi connectivity index (χ1) is 12.9. The molecule has 0 saturated carbocycles. The van der Waals surface area contributed by atoms with E-state index >= 15 is 0 Å². The minimum Gasteiger partial charge on any atom is -0.467 e. The summed E-state index contributed by atoms with van der Waals surface area (Å²) >= 11 is 0. The summed E-state index contributed by atoms with van der Waals surface area (Å²) in [4.78, 5) is 34.1. The van der Waals surface area contributed by atoms with Crippen molar-refractivity contribution in [1.82, 2.24) is 4.57 Å². The number of ether oxygens (including phenoxy) is 1. The first-order valence-corrected chi connectivity index (χ1v) is 8.00. The Morgan fingerprint density at radius 3 is 2.67 bits per heavy atom. The average molecular weight is 372 g/mol. The third-order valence-corrected chi connectivity index (χ3v) is 4.08. The fourth-order valence-electron chi connectivity index (χ4n) is 2.70. The maximum Gasteiger partial charge on any atom is 0.433 e. The monoisotopic (exact) mass is 372 g/mol. The molecule has 0 spiro atoms. The molecule has 0 amide bonds. The number of aromatic nitrogens is 1. The van der Waals surface area contributed by atoms with Crippen LogP contribution in [0.15, 0.2) is 45.4 Å². The van der Waals surface area contributed by atoms with Crippen LogP contribution in [-0.2, 0) is 11.3 Å². The Labute approximate surface area is 153 Å². The molecule has 0 unspecified atom stereocenters. The molecule has 0 aliphatic carbocycles. The standard InChI is InChI=1S/C18H16N2O7/c1-11-8-14(12(2)19(11)9-13-4-3-7-25-13)15(21)10-26-18(22)16-5-6-17(27-16)20(23)24/h3-8H,9-10H2,1-2H3. The topological polar surface area (TPSA) is 118 Å². The molecule has 0 aromatic carbocycles. The van der Waals surface area contributed by atoms with Crippen molar-refractivity contribution in [3.05, 3.63) is 75.2 Å². The highest BCUT2D eigenvalue weighted by Crippen LogP contribution is 2.19. The van der Waals surface area contributed by atoms with Crippen LogP contribution in [0.25, 0.3) is 0 Å². The Kier molecular flexibility index (Phi) is 4.93. The number of nitrogens with zero attached hydrogens (tertiary/aromatic N) is 2. The van der Waals surface area contributed by atoms with E-state index in [2.05, 4.69) is 0 Å². The fraction of sp³-hybridized carbons (Fsp3) is 0.222. The van der Waals surface area contributed by atoms with E-state index in [0.717, 1.165) is 29.3 Å². The van der Waals surface area contributed by atoms with E-state index in [1.165, 1.54) is 0 Å². The summed E-state index contributed by atoms with van der Waals surface area (Å²) in [5, 5.41) is 10.6. The molecule has 0 atom stereocenters. The summed E-state index contributed by atoms with van der Waals surface area (Å²) in [6.07, 6.45) is 1.58. The van der Waals surface area contributed by atoms with Crippen LogP contribution in [0.3, 0.4) is 0 Å². The van der Waals surface area contributed by atoms with E-state index in [9.17, 15) is 19.7 Å². The number of aryl methyl sites for hydroxylation is 1. The molecular weight excluding hydrogens is 356 g/mol. The van der Waals surface area contributed by atoms with Gasteiger partial charge in [-0.1, -0.05) is 0 Å². The first kappa shape index (κ1) is 18.2. The van der Waals surface area contributed by atoms with Crippen LogP contribution in [0.1, 0.15) is 38.1 Å². The molecule has 140 valence electrons.